The molecule has 0 bridgehead atoms. The molecule has 30 heavy (non-hydrogen) atoms. The molecule has 0 atom stereocenters. The van der Waals surface area contributed by atoms with E-state index in [2.05, 4.69) is 6.92 Å². The molecular weight excluding hydrogens is 378 g/mol. The highest BCUT2D eigenvalue weighted by Crippen LogP contribution is 2.51. The van der Waals surface area contributed by atoms with Crippen molar-refractivity contribution in [1.82, 2.24) is 15.0 Å². The quantitative estimate of drug-likeness (QED) is 0.762. The first-order chi connectivity index (χ1) is 14.7. The lowest BCUT2D eigenvalue weighted by molar-refractivity contribution is 0.0244. The highest BCUT2D eigenvalue weighted by atomic mass is 16.5. The van der Waals surface area contributed by atoms with Crippen LogP contribution in [0.5, 0.6) is 5.88 Å². The third-order valence-electron chi connectivity index (χ3n) is 7.49. The Bertz CT molecular complexity index is 885. The van der Waals surface area contributed by atoms with E-state index >= 15 is 0 Å². The molecular formula is C24H33N3O3. The molecule has 1 N–H and O–H groups in total. The van der Waals surface area contributed by atoms with Crippen LogP contribution in [0.25, 0.3) is 10.9 Å². The van der Waals surface area contributed by atoms with E-state index < -0.39 is 0 Å². The van der Waals surface area contributed by atoms with Gasteiger partial charge in [0.05, 0.1) is 30.2 Å². The van der Waals surface area contributed by atoms with Gasteiger partial charge in [0.15, 0.2) is 0 Å². The van der Waals surface area contributed by atoms with Gasteiger partial charge < -0.3 is 14.6 Å². The van der Waals surface area contributed by atoms with Crippen LogP contribution in [-0.2, 0) is 11.2 Å². The van der Waals surface area contributed by atoms with Gasteiger partial charge in [-0.25, -0.2) is 15.0 Å². The van der Waals surface area contributed by atoms with E-state index in [-0.39, 0.29) is 12.2 Å². The summed E-state index contributed by atoms with van der Waals surface area (Å²) in [5.74, 6) is 1.99. The first-order valence-corrected chi connectivity index (χ1v) is 11.7. The Morgan fingerprint density at radius 2 is 1.83 bits per heavy atom. The molecule has 2 aromatic heterocycles. The Balaban J connectivity index is 1.49. The average molecular weight is 412 g/mol. The number of pyridine rings is 1. The molecule has 3 fully saturated rings. The van der Waals surface area contributed by atoms with E-state index in [1.165, 1.54) is 24.8 Å². The molecule has 2 saturated carbocycles. The predicted molar refractivity (Wildman–Crippen MR) is 115 cm³/mol. The van der Waals surface area contributed by atoms with Gasteiger partial charge in [-0.3, -0.25) is 0 Å². The zero-order valence-corrected chi connectivity index (χ0v) is 18.0. The van der Waals surface area contributed by atoms with E-state index in [1.54, 1.807) is 0 Å². The van der Waals surface area contributed by atoms with E-state index in [1.807, 2.05) is 12.4 Å². The van der Waals surface area contributed by atoms with Crippen LogP contribution in [0.3, 0.4) is 0 Å². The first kappa shape index (κ1) is 20.1. The van der Waals surface area contributed by atoms with Gasteiger partial charge >= 0.3 is 0 Å². The third-order valence-corrected chi connectivity index (χ3v) is 7.49. The van der Waals surface area contributed by atoms with Gasteiger partial charge in [-0.2, -0.15) is 0 Å². The fraction of sp³-hybridized carbons (Fsp3) is 0.708. The summed E-state index contributed by atoms with van der Waals surface area (Å²) in [7, 11) is 0. The van der Waals surface area contributed by atoms with Crippen LogP contribution in [-0.4, -0.2) is 45.5 Å². The Kier molecular flexibility index (Phi) is 5.63. The number of aromatic nitrogens is 3. The molecule has 2 aliphatic carbocycles. The molecule has 0 radical (unpaired) electrons. The number of rotatable bonds is 6. The Morgan fingerprint density at radius 3 is 2.53 bits per heavy atom. The van der Waals surface area contributed by atoms with Crippen LogP contribution < -0.4 is 4.74 Å². The van der Waals surface area contributed by atoms with Crippen LogP contribution in [0.15, 0.2) is 12.4 Å². The Morgan fingerprint density at radius 1 is 1.07 bits per heavy atom. The van der Waals surface area contributed by atoms with Gasteiger partial charge in [-0.1, -0.05) is 13.3 Å². The monoisotopic (exact) mass is 411 g/mol. The molecule has 0 spiro atoms. The van der Waals surface area contributed by atoms with Crippen molar-refractivity contribution < 1.29 is 14.6 Å². The lowest BCUT2D eigenvalue weighted by atomic mass is 9.82. The number of aliphatic hydroxyl groups excluding tert-OH is 1. The standard InChI is InChI=1S/C24H33N3O3/c1-2-24(9-10-24)13-21-25-15-20-22(27-21)19(16-3-5-17(28)6-4-16)14-26-23(20)30-18-7-11-29-12-8-18/h14-18,28H,2-13H2,1H3. The van der Waals surface area contributed by atoms with Crippen LogP contribution in [0.1, 0.15) is 82.0 Å². The molecule has 0 amide bonds. The minimum atomic E-state index is -0.166. The number of ether oxygens (including phenoxy) is 2. The van der Waals surface area contributed by atoms with E-state index in [9.17, 15) is 5.11 Å². The number of nitrogens with zero attached hydrogens (tertiary/aromatic N) is 3. The molecule has 6 heteroatoms. The molecule has 3 aliphatic rings. The van der Waals surface area contributed by atoms with E-state index in [4.69, 9.17) is 24.4 Å². The SMILES string of the molecule is CCC1(Cc2ncc3c(OC4CCOCC4)ncc(C4CCC(O)CC4)c3n2)CC1. The second kappa shape index (κ2) is 8.39. The molecule has 162 valence electrons. The molecule has 6 nitrogen and oxygen atoms in total. The maximum atomic E-state index is 9.95. The molecule has 3 heterocycles. The second-order valence-corrected chi connectivity index (χ2v) is 9.53. The van der Waals surface area contributed by atoms with Crippen molar-refractivity contribution in [3.05, 3.63) is 23.8 Å². The number of aliphatic hydroxyl groups is 1. The van der Waals surface area contributed by atoms with Gasteiger partial charge in [0.25, 0.3) is 0 Å². The summed E-state index contributed by atoms with van der Waals surface area (Å²) in [5.41, 5.74) is 2.61. The number of hydrogen-bond acceptors (Lipinski definition) is 6. The van der Waals surface area contributed by atoms with Crippen molar-refractivity contribution in [3.8, 4) is 5.88 Å². The maximum absolute atomic E-state index is 9.95. The van der Waals surface area contributed by atoms with Gasteiger partial charge in [0, 0.05) is 37.2 Å². The third kappa shape index (κ3) is 4.17. The first-order valence-electron chi connectivity index (χ1n) is 11.7. The van der Waals surface area contributed by atoms with Gasteiger partial charge in [0.2, 0.25) is 5.88 Å². The predicted octanol–water partition coefficient (Wildman–Crippen LogP) is 4.33. The zero-order chi connectivity index (χ0) is 20.6. The topological polar surface area (TPSA) is 77.4 Å². The molecule has 0 unspecified atom stereocenters. The summed E-state index contributed by atoms with van der Waals surface area (Å²) in [5, 5.41) is 10.9. The molecule has 2 aromatic rings. The van der Waals surface area contributed by atoms with Gasteiger partial charge in [0.1, 0.15) is 11.9 Å². The average Bonchev–Trinajstić information content (AvgIpc) is 3.55. The largest absolute Gasteiger partial charge is 0.474 e. The molecule has 1 saturated heterocycles. The summed E-state index contributed by atoms with van der Waals surface area (Å²) < 4.78 is 11.8. The summed E-state index contributed by atoms with van der Waals surface area (Å²) in [6.07, 6.45) is 14.1. The fourth-order valence-electron chi connectivity index (χ4n) is 5.04. The molecule has 5 rings (SSSR count). The van der Waals surface area contributed by atoms with Crippen LogP contribution in [0, 0.1) is 5.41 Å². The highest BCUT2D eigenvalue weighted by Gasteiger charge is 2.41. The minimum Gasteiger partial charge on any atom is -0.474 e. The summed E-state index contributed by atoms with van der Waals surface area (Å²) in [6, 6.07) is 0. The fourth-order valence-corrected chi connectivity index (χ4v) is 5.04. The van der Waals surface area contributed by atoms with Crippen molar-refractivity contribution in [1.29, 1.82) is 0 Å². The zero-order valence-electron chi connectivity index (χ0n) is 18.0. The van der Waals surface area contributed by atoms with Gasteiger partial charge in [-0.15, -0.1) is 0 Å². The molecule has 0 aromatic carbocycles. The highest BCUT2D eigenvalue weighted by molar-refractivity contribution is 5.85. The van der Waals surface area contributed by atoms with Crippen molar-refractivity contribution >= 4 is 10.9 Å². The maximum Gasteiger partial charge on any atom is 0.224 e. The lowest BCUT2D eigenvalue weighted by Crippen LogP contribution is -2.26. The van der Waals surface area contributed by atoms with Crippen molar-refractivity contribution in [2.75, 3.05) is 13.2 Å². The summed E-state index contributed by atoms with van der Waals surface area (Å²) in [4.78, 5) is 14.5. The summed E-state index contributed by atoms with van der Waals surface area (Å²) >= 11 is 0. The van der Waals surface area contributed by atoms with Crippen molar-refractivity contribution in [3.63, 3.8) is 0 Å². The summed E-state index contributed by atoms with van der Waals surface area (Å²) in [6.45, 7) is 3.76. The Labute approximate surface area is 178 Å². The van der Waals surface area contributed by atoms with E-state index in [0.717, 1.165) is 74.9 Å². The Hall–Kier alpha value is -1.79. The van der Waals surface area contributed by atoms with E-state index in [0.29, 0.717) is 17.2 Å². The van der Waals surface area contributed by atoms with Crippen LogP contribution in [0.2, 0.25) is 0 Å². The minimum absolute atomic E-state index is 0.139. The smallest absolute Gasteiger partial charge is 0.224 e. The second-order valence-electron chi connectivity index (χ2n) is 9.53. The lowest BCUT2D eigenvalue weighted by Gasteiger charge is -2.27. The van der Waals surface area contributed by atoms with Crippen LogP contribution >= 0.6 is 0 Å². The number of fused-ring (bicyclic) bond motifs is 1. The van der Waals surface area contributed by atoms with Crippen LogP contribution in [0.4, 0.5) is 0 Å². The number of hydrogen-bond donors (Lipinski definition) is 1. The van der Waals surface area contributed by atoms with Crippen molar-refractivity contribution in [2.45, 2.75) is 89.3 Å². The molecule has 1 aliphatic heterocycles. The van der Waals surface area contributed by atoms with Gasteiger partial charge in [-0.05, 0) is 49.9 Å². The van der Waals surface area contributed by atoms with Crippen molar-refractivity contribution in [2.24, 2.45) is 5.41 Å². The normalized spacial score (nSPS) is 26.6.